The molecular formula is C22H23F3N2O2. The van der Waals surface area contributed by atoms with E-state index in [1.54, 1.807) is 11.0 Å². The zero-order chi connectivity index (χ0) is 21.0. The molecule has 1 saturated heterocycles. The highest BCUT2D eigenvalue weighted by Crippen LogP contribution is 2.32. The number of halogens is 3. The van der Waals surface area contributed by atoms with Gasteiger partial charge in [0.15, 0.2) is 0 Å². The first kappa shape index (κ1) is 20.9. The van der Waals surface area contributed by atoms with E-state index in [4.69, 9.17) is 0 Å². The Labute approximate surface area is 167 Å². The van der Waals surface area contributed by atoms with E-state index in [9.17, 15) is 22.8 Å². The lowest BCUT2D eigenvalue weighted by molar-refractivity contribution is -0.138. The van der Waals surface area contributed by atoms with Crippen LogP contribution < -0.4 is 5.32 Å². The van der Waals surface area contributed by atoms with Crippen LogP contribution in [0, 0.1) is 12.8 Å². The Morgan fingerprint density at radius 1 is 1.14 bits per heavy atom. The minimum atomic E-state index is -4.42. The molecule has 1 aliphatic heterocycles. The first-order valence-corrected chi connectivity index (χ1v) is 9.50. The summed E-state index contributed by atoms with van der Waals surface area (Å²) in [6.45, 7) is 2.84. The van der Waals surface area contributed by atoms with Crippen molar-refractivity contribution >= 4 is 11.8 Å². The lowest BCUT2D eigenvalue weighted by Crippen LogP contribution is -2.34. The highest BCUT2D eigenvalue weighted by molar-refractivity contribution is 5.89. The number of benzene rings is 2. The van der Waals surface area contributed by atoms with Gasteiger partial charge in [0.05, 0.1) is 11.5 Å². The maximum Gasteiger partial charge on any atom is 0.416 e. The molecule has 7 heteroatoms. The molecule has 2 aromatic carbocycles. The monoisotopic (exact) mass is 404 g/mol. The van der Waals surface area contributed by atoms with Crippen molar-refractivity contribution in [2.45, 2.75) is 32.5 Å². The van der Waals surface area contributed by atoms with E-state index < -0.39 is 17.7 Å². The third kappa shape index (κ3) is 5.37. The van der Waals surface area contributed by atoms with Crippen LogP contribution in [-0.2, 0) is 28.7 Å². The van der Waals surface area contributed by atoms with Crippen LogP contribution in [0.15, 0.2) is 48.5 Å². The molecular weight excluding hydrogens is 381 g/mol. The minimum Gasteiger partial charge on any atom is -0.355 e. The van der Waals surface area contributed by atoms with E-state index in [0.29, 0.717) is 13.1 Å². The summed E-state index contributed by atoms with van der Waals surface area (Å²) in [6.07, 6.45) is -4.22. The van der Waals surface area contributed by atoms with E-state index in [1.807, 2.05) is 31.2 Å². The van der Waals surface area contributed by atoms with Gasteiger partial charge in [-0.3, -0.25) is 9.59 Å². The molecule has 1 heterocycles. The highest BCUT2D eigenvalue weighted by atomic mass is 19.4. The van der Waals surface area contributed by atoms with Crippen molar-refractivity contribution in [2.24, 2.45) is 5.92 Å². The topological polar surface area (TPSA) is 49.4 Å². The molecule has 1 fully saturated rings. The van der Waals surface area contributed by atoms with Crippen LogP contribution in [0.25, 0.3) is 0 Å². The van der Waals surface area contributed by atoms with Crippen molar-refractivity contribution in [3.63, 3.8) is 0 Å². The zero-order valence-electron chi connectivity index (χ0n) is 16.1. The van der Waals surface area contributed by atoms with E-state index in [0.717, 1.165) is 17.2 Å². The molecule has 154 valence electrons. The summed E-state index contributed by atoms with van der Waals surface area (Å²) in [4.78, 5) is 26.3. The van der Waals surface area contributed by atoms with Gasteiger partial charge in [-0.25, -0.2) is 0 Å². The van der Waals surface area contributed by atoms with Gasteiger partial charge in [0, 0.05) is 26.1 Å². The summed E-state index contributed by atoms with van der Waals surface area (Å²) >= 11 is 0. The van der Waals surface area contributed by atoms with Gasteiger partial charge in [-0.2, -0.15) is 13.2 Å². The molecule has 29 heavy (non-hydrogen) atoms. The molecule has 3 rings (SSSR count). The summed E-state index contributed by atoms with van der Waals surface area (Å²) in [5, 5.41) is 2.68. The van der Waals surface area contributed by atoms with Crippen molar-refractivity contribution < 1.29 is 22.8 Å². The number of rotatable bonds is 6. The van der Waals surface area contributed by atoms with Crippen molar-refractivity contribution in [1.29, 1.82) is 0 Å². The van der Waals surface area contributed by atoms with Crippen LogP contribution in [0.5, 0.6) is 0 Å². The molecule has 0 aliphatic carbocycles. The third-order valence-electron chi connectivity index (χ3n) is 5.10. The minimum absolute atomic E-state index is 0.0785. The molecule has 0 spiro atoms. The fraction of sp³-hybridized carbons (Fsp3) is 0.364. The van der Waals surface area contributed by atoms with Crippen LogP contribution >= 0.6 is 0 Å². The Balaban J connectivity index is 1.52. The predicted molar refractivity (Wildman–Crippen MR) is 103 cm³/mol. The number of hydrogen-bond donors (Lipinski definition) is 1. The zero-order valence-corrected chi connectivity index (χ0v) is 16.1. The number of carbonyl (C=O) groups excluding carboxylic acids is 2. The molecule has 0 aromatic heterocycles. The summed E-state index contributed by atoms with van der Waals surface area (Å²) in [6, 6.07) is 13.2. The number of likely N-dealkylation sites (tertiary alicyclic amines) is 1. The van der Waals surface area contributed by atoms with Gasteiger partial charge in [0.1, 0.15) is 0 Å². The van der Waals surface area contributed by atoms with Crippen molar-refractivity contribution in [1.82, 2.24) is 10.2 Å². The SMILES string of the molecule is Cc1ccc(CN2CC(C(=O)NCCc3ccccc3C(F)(F)F)CC2=O)cc1. The number of aryl methyl sites for hydroxylation is 1. The molecule has 1 unspecified atom stereocenters. The van der Waals surface area contributed by atoms with Gasteiger partial charge < -0.3 is 10.2 Å². The molecule has 0 saturated carbocycles. The standard InChI is InChI=1S/C22H23F3N2O2/c1-15-6-8-16(9-7-15)13-27-14-18(12-20(27)28)21(29)26-11-10-17-4-2-3-5-19(17)22(23,24)25/h2-9,18H,10-14H2,1H3,(H,26,29). The maximum absolute atomic E-state index is 13.0. The Hall–Kier alpha value is -2.83. The van der Waals surface area contributed by atoms with Gasteiger partial charge in [0.25, 0.3) is 0 Å². The van der Waals surface area contributed by atoms with Crippen LogP contribution in [0.2, 0.25) is 0 Å². The number of hydrogen-bond acceptors (Lipinski definition) is 2. The number of nitrogens with one attached hydrogen (secondary N) is 1. The first-order valence-electron chi connectivity index (χ1n) is 9.50. The number of amides is 2. The molecule has 2 amide bonds. The van der Waals surface area contributed by atoms with Gasteiger partial charge in [-0.05, 0) is 30.5 Å². The quantitative estimate of drug-likeness (QED) is 0.798. The van der Waals surface area contributed by atoms with Gasteiger partial charge in [-0.1, -0.05) is 48.0 Å². The highest BCUT2D eigenvalue weighted by Gasteiger charge is 2.35. The average Bonchev–Trinajstić information content (AvgIpc) is 3.04. The Morgan fingerprint density at radius 2 is 1.83 bits per heavy atom. The second-order valence-corrected chi connectivity index (χ2v) is 7.36. The predicted octanol–water partition coefficient (Wildman–Crippen LogP) is 3.72. The number of alkyl halides is 3. The smallest absolute Gasteiger partial charge is 0.355 e. The van der Waals surface area contributed by atoms with Crippen molar-refractivity contribution in [2.75, 3.05) is 13.1 Å². The normalized spacial score (nSPS) is 16.9. The number of carbonyl (C=O) groups is 2. The molecule has 1 N–H and O–H groups in total. The first-order chi connectivity index (χ1) is 13.7. The lowest BCUT2D eigenvalue weighted by Gasteiger charge is -2.17. The van der Waals surface area contributed by atoms with E-state index in [2.05, 4.69) is 5.32 Å². The Kier molecular flexibility index (Phi) is 6.25. The molecule has 2 aromatic rings. The lowest BCUT2D eigenvalue weighted by atomic mass is 10.0. The molecule has 1 atom stereocenters. The summed E-state index contributed by atoms with van der Waals surface area (Å²) in [5.41, 5.74) is 1.58. The van der Waals surface area contributed by atoms with Gasteiger partial charge in [0.2, 0.25) is 11.8 Å². The Morgan fingerprint density at radius 3 is 2.52 bits per heavy atom. The van der Waals surface area contributed by atoms with Crippen LogP contribution in [0.3, 0.4) is 0 Å². The molecule has 0 bridgehead atoms. The molecule has 1 aliphatic rings. The average molecular weight is 404 g/mol. The van der Waals surface area contributed by atoms with Crippen LogP contribution in [0.4, 0.5) is 13.2 Å². The van der Waals surface area contributed by atoms with E-state index in [-0.39, 0.29) is 36.8 Å². The van der Waals surface area contributed by atoms with E-state index >= 15 is 0 Å². The Bertz CT molecular complexity index is 878. The summed E-state index contributed by atoms with van der Waals surface area (Å²) < 4.78 is 39.1. The van der Waals surface area contributed by atoms with Gasteiger partial charge in [-0.15, -0.1) is 0 Å². The largest absolute Gasteiger partial charge is 0.416 e. The molecule has 4 nitrogen and oxygen atoms in total. The second-order valence-electron chi connectivity index (χ2n) is 7.36. The van der Waals surface area contributed by atoms with Crippen molar-refractivity contribution in [3.8, 4) is 0 Å². The fourth-order valence-electron chi connectivity index (χ4n) is 3.49. The summed E-state index contributed by atoms with van der Waals surface area (Å²) in [5.74, 6) is -0.867. The van der Waals surface area contributed by atoms with Gasteiger partial charge >= 0.3 is 6.18 Å². The van der Waals surface area contributed by atoms with E-state index in [1.165, 1.54) is 12.1 Å². The van der Waals surface area contributed by atoms with Crippen LogP contribution in [0.1, 0.15) is 28.7 Å². The fourth-order valence-corrected chi connectivity index (χ4v) is 3.49. The maximum atomic E-state index is 13.0. The van der Waals surface area contributed by atoms with Crippen LogP contribution in [-0.4, -0.2) is 29.8 Å². The summed E-state index contributed by atoms with van der Waals surface area (Å²) in [7, 11) is 0. The second kappa shape index (κ2) is 8.68. The number of nitrogens with zero attached hydrogens (tertiary/aromatic N) is 1. The molecule has 0 radical (unpaired) electrons. The van der Waals surface area contributed by atoms with Crippen molar-refractivity contribution in [3.05, 3.63) is 70.8 Å². The third-order valence-corrected chi connectivity index (χ3v) is 5.10.